The highest BCUT2D eigenvalue weighted by atomic mass is 14.6. The van der Waals surface area contributed by atoms with Crippen LogP contribution in [0.25, 0.3) is 22.3 Å². The quantitative estimate of drug-likeness (QED) is 0.278. The molecule has 7 rings (SSSR count). The largest absolute Gasteiger partial charge is 0.0725 e. The molecule has 0 aromatic heterocycles. The lowest BCUT2D eigenvalue weighted by Crippen LogP contribution is -2.26. The summed E-state index contributed by atoms with van der Waals surface area (Å²) in [4.78, 5) is 0. The van der Waals surface area contributed by atoms with Crippen molar-refractivity contribution in [1.82, 2.24) is 0 Å². The predicted octanol–water partition coefficient (Wildman–Crippen LogP) is 7.37. The standard InChI is InChI=1S/C30H24/c1-4-19-12-14-23-22-13-11-17(2)15-26(22)30(27(23)16-19)24-9-5-7-20-18(3)21-8-6-10-25(30)29(21)28(20)24/h5-16,18H,4H2,1-3H3. The van der Waals surface area contributed by atoms with E-state index in [0.29, 0.717) is 5.92 Å². The molecular weight excluding hydrogens is 360 g/mol. The van der Waals surface area contributed by atoms with Gasteiger partial charge in [-0.15, -0.1) is 0 Å². The molecule has 0 N–H and O–H groups in total. The summed E-state index contributed by atoms with van der Waals surface area (Å²) in [5.41, 5.74) is 17.3. The second-order valence-corrected chi connectivity index (χ2v) is 9.29. The van der Waals surface area contributed by atoms with E-state index < -0.39 is 0 Å². The van der Waals surface area contributed by atoms with Gasteiger partial charge in [0.15, 0.2) is 0 Å². The first-order valence-corrected chi connectivity index (χ1v) is 11.2. The third kappa shape index (κ3) is 1.64. The third-order valence-corrected chi connectivity index (χ3v) is 7.95. The number of hydrogen-bond acceptors (Lipinski definition) is 0. The van der Waals surface area contributed by atoms with Crippen molar-refractivity contribution in [3.8, 4) is 22.3 Å². The minimum absolute atomic E-state index is 0.182. The van der Waals surface area contributed by atoms with E-state index in [0.717, 1.165) is 6.42 Å². The molecule has 144 valence electrons. The second kappa shape index (κ2) is 5.32. The second-order valence-electron chi connectivity index (χ2n) is 9.29. The van der Waals surface area contributed by atoms with Gasteiger partial charge in [0.25, 0.3) is 0 Å². The van der Waals surface area contributed by atoms with Crippen LogP contribution in [0, 0.1) is 6.92 Å². The molecule has 0 unspecified atom stereocenters. The summed E-state index contributed by atoms with van der Waals surface area (Å²) in [6.45, 7) is 6.86. The first kappa shape index (κ1) is 16.7. The molecular formula is C30H24. The zero-order chi connectivity index (χ0) is 20.2. The molecule has 0 radical (unpaired) electrons. The van der Waals surface area contributed by atoms with Crippen LogP contribution in [0.1, 0.15) is 64.3 Å². The SMILES string of the molecule is CCc1ccc2c(c1)C1(c3cc(C)ccc3-2)c2cccc3c2-c2c(cccc21)C3C. The number of rotatable bonds is 1. The van der Waals surface area contributed by atoms with Crippen molar-refractivity contribution in [2.75, 3.05) is 0 Å². The summed E-state index contributed by atoms with van der Waals surface area (Å²) in [5.74, 6) is 0.479. The predicted molar refractivity (Wildman–Crippen MR) is 124 cm³/mol. The normalized spacial score (nSPS) is 16.1. The van der Waals surface area contributed by atoms with Crippen LogP contribution in [0.2, 0.25) is 0 Å². The van der Waals surface area contributed by atoms with E-state index in [1.807, 2.05) is 0 Å². The first-order chi connectivity index (χ1) is 14.7. The summed E-state index contributed by atoms with van der Waals surface area (Å²) >= 11 is 0. The van der Waals surface area contributed by atoms with Crippen LogP contribution in [-0.2, 0) is 11.8 Å². The molecule has 0 atom stereocenters. The van der Waals surface area contributed by atoms with Crippen molar-refractivity contribution in [2.45, 2.75) is 38.5 Å². The lowest BCUT2D eigenvalue weighted by atomic mass is 9.69. The van der Waals surface area contributed by atoms with Gasteiger partial charge in [-0.3, -0.25) is 0 Å². The van der Waals surface area contributed by atoms with Gasteiger partial charge in [0.2, 0.25) is 0 Å². The van der Waals surface area contributed by atoms with E-state index in [-0.39, 0.29) is 5.41 Å². The maximum Gasteiger partial charge on any atom is 0.0725 e. The summed E-state index contributed by atoms with van der Waals surface area (Å²) in [5, 5.41) is 0. The highest BCUT2D eigenvalue weighted by molar-refractivity contribution is 5.99. The highest BCUT2D eigenvalue weighted by Gasteiger charge is 2.54. The zero-order valence-electron chi connectivity index (χ0n) is 17.7. The fraction of sp³-hybridized carbons (Fsp3) is 0.200. The van der Waals surface area contributed by atoms with Crippen LogP contribution in [0.5, 0.6) is 0 Å². The van der Waals surface area contributed by atoms with Gasteiger partial charge in [0.05, 0.1) is 5.41 Å². The van der Waals surface area contributed by atoms with Gasteiger partial charge >= 0.3 is 0 Å². The van der Waals surface area contributed by atoms with E-state index in [4.69, 9.17) is 0 Å². The fourth-order valence-electron chi connectivity index (χ4n) is 6.64. The van der Waals surface area contributed by atoms with Crippen molar-refractivity contribution in [1.29, 1.82) is 0 Å². The molecule has 0 bridgehead atoms. The molecule has 4 aromatic rings. The summed E-state index contributed by atoms with van der Waals surface area (Å²) < 4.78 is 0. The Bertz CT molecular complexity index is 1340. The average Bonchev–Trinajstić information content (AvgIpc) is 3.36. The average molecular weight is 385 g/mol. The Labute approximate surface area is 178 Å². The third-order valence-electron chi connectivity index (χ3n) is 7.95. The lowest BCUT2D eigenvalue weighted by Gasteiger charge is -2.32. The van der Waals surface area contributed by atoms with Crippen molar-refractivity contribution < 1.29 is 0 Å². The summed E-state index contributed by atoms with van der Waals surface area (Å²) in [6, 6.07) is 28.3. The van der Waals surface area contributed by atoms with Crippen molar-refractivity contribution in [3.63, 3.8) is 0 Å². The molecule has 3 aliphatic rings. The number of hydrogen-bond donors (Lipinski definition) is 0. The van der Waals surface area contributed by atoms with Gasteiger partial charge in [0, 0.05) is 5.92 Å². The Morgan fingerprint density at radius 3 is 1.93 bits per heavy atom. The Morgan fingerprint density at radius 2 is 1.30 bits per heavy atom. The molecule has 0 heterocycles. The highest BCUT2D eigenvalue weighted by Crippen LogP contribution is 2.66. The molecule has 3 aliphatic carbocycles. The monoisotopic (exact) mass is 384 g/mol. The molecule has 0 saturated carbocycles. The van der Waals surface area contributed by atoms with Gasteiger partial charge in [0.1, 0.15) is 0 Å². The van der Waals surface area contributed by atoms with Crippen molar-refractivity contribution in [3.05, 3.63) is 117 Å². The lowest BCUT2D eigenvalue weighted by molar-refractivity contribution is 0.782. The zero-order valence-corrected chi connectivity index (χ0v) is 17.7. The topological polar surface area (TPSA) is 0 Å². The smallest absolute Gasteiger partial charge is 0.0616 e. The molecule has 0 nitrogen and oxygen atoms in total. The molecule has 0 amide bonds. The van der Waals surface area contributed by atoms with E-state index in [2.05, 4.69) is 93.6 Å². The Hall–Kier alpha value is -3.12. The van der Waals surface area contributed by atoms with Crippen LogP contribution in [0.15, 0.2) is 72.8 Å². The molecule has 30 heavy (non-hydrogen) atoms. The van der Waals surface area contributed by atoms with Crippen LogP contribution in [0.3, 0.4) is 0 Å². The van der Waals surface area contributed by atoms with Gasteiger partial charge in [-0.2, -0.15) is 0 Å². The van der Waals surface area contributed by atoms with Crippen LogP contribution in [-0.4, -0.2) is 0 Å². The van der Waals surface area contributed by atoms with E-state index >= 15 is 0 Å². The number of benzene rings is 4. The molecule has 0 heteroatoms. The Kier molecular flexibility index (Phi) is 2.95. The van der Waals surface area contributed by atoms with Gasteiger partial charge in [-0.05, 0) is 74.5 Å². The van der Waals surface area contributed by atoms with E-state index in [1.54, 1.807) is 0 Å². The Balaban J connectivity index is 1.73. The first-order valence-electron chi connectivity index (χ1n) is 11.2. The molecule has 1 spiro atoms. The number of fused-ring (bicyclic) bond motifs is 7. The fourth-order valence-corrected chi connectivity index (χ4v) is 6.64. The van der Waals surface area contributed by atoms with Gasteiger partial charge < -0.3 is 0 Å². The Morgan fingerprint density at radius 1 is 0.700 bits per heavy atom. The minimum Gasteiger partial charge on any atom is -0.0616 e. The van der Waals surface area contributed by atoms with Crippen molar-refractivity contribution in [2.24, 2.45) is 0 Å². The molecule has 4 aromatic carbocycles. The maximum absolute atomic E-state index is 2.49. The van der Waals surface area contributed by atoms with Crippen LogP contribution >= 0.6 is 0 Å². The molecule has 0 aliphatic heterocycles. The van der Waals surface area contributed by atoms with Crippen molar-refractivity contribution >= 4 is 0 Å². The summed E-state index contributed by atoms with van der Waals surface area (Å²) in [7, 11) is 0. The van der Waals surface area contributed by atoms with Crippen LogP contribution < -0.4 is 0 Å². The minimum atomic E-state index is -0.182. The number of aryl methyl sites for hydroxylation is 2. The maximum atomic E-state index is 2.49. The van der Waals surface area contributed by atoms with Gasteiger partial charge in [-0.25, -0.2) is 0 Å². The summed E-state index contributed by atoms with van der Waals surface area (Å²) in [6.07, 6.45) is 1.07. The van der Waals surface area contributed by atoms with E-state index in [9.17, 15) is 0 Å². The van der Waals surface area contributed by atoms with Crippen LogP contribution in [0.4, 0.5) is 0 Å². The van der Waals surface area contributed by atoms with E-state index in [1.165, 1.54) is 66.8 Å². The molecule has 0 saturated heterocycles. The molecule has 0 fully saturated rings. The van der Waals surface area contributed by atoms with Gasteiger partial charge in [-0.1, -0.05) is 92.2 Å².